The third kappa shape index (κ3) is 3.94. The van der Waals surface area contributed by atoms with E-state index in [1.807, 2.05) is 24.3 Å². The zero-order chi connectivity index (χ0) is 21.3. The third-order valence-corrected chi connectivity index (χ3v) is 5.11. The van der Waals surface area contributed by atoms with E-state index in [2.05, 4.69) is 16.7 Å². The van der Waals surface area contributed by atoms with Gasteiger partial charge in [0.1, 0.15) is 11.6 Å². The van der Waals surface area contributed by atoms with E-state index in [1.54, 1.807) is 10.8 Å². The Labute approximate surface area is 171 Å². The standard InChI is InChI=1S/C22H20F2N4O2/c1-14(13-27-20-5-3-2-4-18(20)26-22(27)30)6-7-21(29)28-19(8-9-25-28)15-10-16(23)12-17(24)11-15/h2-5,9-12,19H,1,6-8,13H2,(H,26,30). The molecule has 8 heteroatoms. The predicted octanol–water partition coefficient (Wildman–Crippen LogP) is 3.90. The van der Waals surface area contributed by atoms with Gasteiger partial charge in [-0.05, 0) is 36.2 Å². The Kier molecular flexibility index (Phi) is 5.31. The molecule has 0 saturated carbocycles. The van der Waals surface area contributed by atoms with Crippen molar-refractivity contribution in [1.82, 2.24) is 14.6 Å². The van der Waals surface area contributed by atoms with E-state index >= 15 is 0 Å². The van der Waals surface area contributed by atoms with Gasteiger partial charge in [-0.2, -0.15) is 5.10 Å². The monoisotopic (exact) mass is 410 g/mol. The number of carbonyl (C=O) groups is 1. The highest BCUT2D eigenvalue weighted by molar-refractivity contribution is 5.80. The molecule has 6 nitrogen and oxygen atoms in total. The van der Waals surface area contributed by atoms with Crippen LogP contribution in [-0.4, -0.2) is 26.7 Å². The largest absolute Gasteiger partial charge is 0.326 e. The molecule has 1 unspecified atom stereocenters. The highest BCUT2D eigenvalue weighted by Gasteiger charge is 2.28. The van der Waals surface area contributed by atoms with Gasteiger partial charge in [0.05, 0.1) is 17.1 Å². The average molecular weight is 410 g/mol. The maximum atomic E-state index is 13.6. The first-order valence-electron chi connectivity index (χ1n) is 9.57. The summed E-state index contributed by atoms with van der Waals surface area (Å²) in [5, 5.41) is 5.35. The van der Waals surface area contributed by atoms with Gasteiger partial charge < -0.3 is 4.98 Å². The lowest BCUT2D eigenvalue weighted by Gasteiger charge is -2.22. The van der Waals surface area contributed by atoms with Crippen molar-refractivity contribution in [2.45, 2.75) is 31.8 Å². The SMILES string of the molecule is C=C(CCC(=O)N1N=CCC1c1cc(F)cc(F)c1)Cn1c(=O)[nH]c2ccccc21. The Balaban J connectivity index is 1.41. The first kappa shape index (κ1) is 19.8. The fraction of sp³-hybridized carbons (Fsp3) is 0.227. The molecule has 154 valence electrons. The molecule has 1 aliphatic heterocycles. The molecule has 4 rings (SSSR count). The topological polar surface area (TPSA) is 70.5 Å². The first-order valence-corrected chi connectivity index (χ1v) is 9.57. The highest BCUT2D eigenvalue weighted by atomic mass is 19.1. The molecule has 0 radical (unpaired) electrons. The van der Waals surface area contributed by atoms with E-state index in [0.717, 1.165) is 17.1 Å². The molecule has 30 heavy (non-hydrogen) atoms. The lowest BCUT2D eigenvalue weighted by Crippen LogP contribution is -2.27. The van der Waals surface area contributed by atoms with Crippen molar-refractivity contribution in [3.63, 3.8) is 0 Å². The van der Waals surface area contributed by atoms with Crippen molar-refractivity contribution >= 4 is 23.2 Å². The van der Waals surface area contributed by atoms with Gasteiger partial charge in [-0.25, -0.2) is 18.6 Å². The van der Waals surface area contributed by atoms with E-state index in [-0.39, 0.29) is 24.6 Å². The number of carbonyl (C=O) groups excluding carboxylic acids is 1. The Morgan fingerprint density at radius 3 is 2.67 bits per heavy atom. The van der Waals surface area contributed by atoms with Crippen LogP contribution in [0.2, 0.25) is 0 Å². The van der Waals surface area contributed by atoms with Crippen molar-refractivity contribution in [1.29, 1.82) is 0 Å². The minimum Gasteiger partial charge on any atom is -0.306 e. The van der Waals surface area contributed by atoms with Gasteiger partial charge >= 0.3 is 5.69 Å². The molecular formula is C22H20F2N4O2. The predicted molar refractivity (Wildman–Crippen MR) is 110 cm³/mol. The van der Waals surface area contributed by atoms with Crippen LogP contribution in [-0.2, 0) is 11.3 Å². The maximum Gasteiger partial charge on any atom is 0.326 e. The highest BCUT2D eigenvalue weighted by Crippen LogP contribution is 2.30. The summed E-state index contributed by atoms with van der Waals surface area (Å²) >= 11 is 0. The quantitative estimate of drug-likeness (QED) is 0.626. The van der Waals surface area contributed by atoms with Gasteiger partial charge in [0, 0.05) is 31.7 Å². The molecule has 0 saturated heterocycles. The molecule has 3 aromatic rings. The van der Waals surface area contributed by atoms with E-state index in [9.17, 15) is 18.4 Å². The lowest BCUT2D eigenvalue weighted by atomic mass is 10.0. The summed E-state index contributed by atoms with van der Waals surface area (Å²) in [5.41, 5.74) is 2.35. The minimum absolute atomic E-state index is 0.127. The van der Waals surface area contributed by atoms with Crippen LogP contribution in [0.4, 0.5) is 8.78 Å². The summed E-state index contributed by atoms with van der Waals surface area (Å²) in [6.45, 7) is 4.28. The second-order valence-corrected chi connectivity index (χ2v) is 7.27. The van der Waals surface area contributed by atoms with E-state index in [1.165, 1.54) is 17.1 Å². The number of fused-ring (bicyclic) bond motifs is 1. The van der Waals surface area contributed by atoms with Crippen LogP contribution < -0.4 is 5.69 Å². The van der Waals surface area contributed by atoms with Gasteiger partial charge in [0.2, 0.25) is 5.91 Å². The molecule has 0 fully saturated rings. The summed E-state index contributed by atoms with van der Waals surface area (Å²) in [6, 6.07) is 10.0. The fourth-order valence-corrected chi connectivity index (χ4v) is 3.66. The molecule has 2 heterocycles. The molecular weight excluding hydrogens is 390 g/mol. The number of nitrogens with zero attached hydrogens (tertiary/aromatic N) is 3. The van der Waals surface area contributed by atoms with Crippen molar-refractivity contribution in [2.75, 3.05) is 0 Å². The van der Waals surface area contributed by atoms with Crippen LogP contribution in [0.3, 0.4) is 0 Å². The number of hydrogen-bond donors (Lipinski definition) is 1. The fourth-order valence-electron chi connectivity index (χ4n) is 3.66. The van der Waals surface area contributed by atoms with Gasteiger partial charge in [-0.15, -0.1) is 0 Å². The van der Waals surface area contributed by atoms with Gasteiger partial charge in [-0.1, -0.05) is 24.3 Å². The minimum atomic E-state index is -0.693. The van der Waals surface area contributed by atoms with Gasteiger partial charge in [-0.3, -0.25) is 9.36 Å². The van der Waals surface area contributed by atoms with Gasteiger partial charge in [0.15, 0.2) is 0 Å². The van der Waals surface area contributed by atoms with E-state index in [4.69, 9.17) is 0 Å². The summed E-state index contributed by atoms with van der Waals surface area (Å²) in [7, 11) is 0. The second kappa shape index (κ2) is 8.06. The first-order chi connectivity index (χ1) is 14.4. The van der Waals surface area contributed by atoms with Crippen LogP contribution in [0.5, 0.6) is 0 Å². The van der Waals surface area contributed by atoms with Crippen molar-refractivity contribution in [2.24, 2.45) is 5.10 Å². The number of H-pyrrole nitrogens is 1. The summed E-state index contributed by atoms with van der Waals surface area (Å²) < 4.78 is 28.7. The molecule has 1 amide bonds. The zero-order valence-electron chi connectivity index (χ0n) is 16.1. The number of amides is 1. The summed E-state index contributed by atoms with van der Waals surface area (Å²) in [5.74, 6) is -1.66. The smallest absolute Gasteiger partial charge is 0.306 e. The average Bonchev–Trinajstić information content (AvgIpc) is 3.31. The number of aromatic amines is 1. The number of halogens is 2. The normalized spacial score (nSPS) is 15.8. The summed E-state index contributed by atoms with van der Waals surface area (Å²) in [6.07, 6.45) is 2.44. The maximum absolute atomic E-state index is 13.6. The number of para-hydroxylation sites is 2. The Hall–Kier alpha value is -3.55. The molecule has 2 aromatic carbocycles. The van der Waals surface area contributed by atoms with Crippen LogP contribution in [0.25, 0.3) is 11.0 Å². The number of imidazole rings is 1. The number of aromatic nitrogens is 2. The Bertz CT molecular complexity index is 1190. The van der Waals surface area contributed by atoms with E-state index < -0.39 is 17.7 Å². The third-order valence-electron chi connectivity index (χ3n) is 5.11. The van der Waals surface area contributed by atoms with Gasteiger partial charge in [0.25, 0.3) is 0 Å². The Morgan fingerprint density at radius 2 is 1.90 bits per heavy atom. The van der Waals surface area contributed by atoms with Crippen LogP contribution in [0.15, 0.2) is 64.5 Å². The van der Waals surface area contributed by atoms with Crippen molar-refractivity contribution in [3.05, 3.63) is 82.3 Å². The lowest BCUT2D eigenvalue weighted by molar-refractivity contribution is -0.133. The van der Waals surface area contributed by atoms with Crippen LogP contribution >= 0.6 is 0 Å². The molecule has 1 atom stereocenters. The number of nitrogens with one attached hydrogen (secondary N) is 1. The molecule has 0 bridgehead atoms. The van der Waals surface area contributed by atoms with Crippen LogP contribution in [0, 0.1) is 11.6 Å². The Morgan fingerprint density at radius 1 is 1.17 bits per heavy atom. The van der Waals surface area contributed by atoms with Crippen LogP contribution in [0.1, 0.15) is 30.9 Å². The summed E-state index contributed by atoms with van der Waals surface area (Å²) in [4.78, 5) is 27.7. The zero-order valence-corrected chi connectivity index (χ0v) is 16.1. The second-order valence-electron chi connectivity index (χ2n) is 7.27. The molecule has 1 aromatic heterocycles. The molecule has 0 spiro atoms. The van der Waals surface area contributed by atoms with Crippen molar-refractivity contribution < 1.29 is 13.6 Å². The number of hydrazone groups is 1. The number of rotatable bonds is 6. The number of hydrogen-bond acceptors (Lipinski definition) is 3. The molecule has 0 aliphatic carbocycles. The van der Waals surface area contributed by atoms with Crippen molar-refractivity contribution in [3.8, 4) is 0 Å². The van der Waals surface area contributed by atoms with E-state index in [0.29, 0.717) is 24.0 Å². The molecule has 1 N–H and O–H groups in total. The molecule has 1 aliphatic rings. The number of allylic oxidation sites excluding steroid dienone is 1. The number of benzene rings is 2.